The van der Waals surface area contributed by atoms with Crippen LogP contribution < -0.4 is 0 Å². The van der Waals surface area contributed by atoms with Gasteiger partial charge in [-0.2, -0.15) is 0 Å². The molecule has 0 saturated carbocycles. The molecule has 2 nitrogen and oxygen atoms in total. The summed E-state index contributed by atoms with van der Waals surface area (Å²) in [7, 11) is 0. The van der Waals surface area contributed by atoms with Gasteiger partial charge in [0.25, 0.3) is 0 Å². The van der Waals surface area contributed by atoms with Gasteiger partial charge >= 0.3 is 42.3 Å². The van der Waals surface area contributed by atoms with Crippen LogP contribution in [0, 0.1) is 0 Å². The predicted molar refractivity (Wildman–Crippen MR) is 30.3 cm³/mol. The number of hydrogen-bond donors (Lipinski definition) is 2. The molecule has 0 heterocycles. The van der Waals surface area contributed by atoms with Crippen LogP contribution in [0.4, 0.5) is 0 Å². The van der Waals surface area contributed by atoms with Gasteiger partial charge in [-0.05, 0) is 0 Å². The molecule has 0 atom stereocenters. The first-order valence-electron chi connectivity index (χ1n) is 1.49. The molecular formula is C2H9O2PSe. The first kappa shape index (κ1) is 6.87. The first-order valence-corrected chi connectivity index (χ1v) is 7.98. The Morgan fingerprint density at radius 3 is 1.67 bits per heavy atom. The molecule has 0 fully saturated rings. The molecule has 0 aromatic rings. The van der Waals surface area contributed by atoms with E-state index in [1.807, 2.05) is 5.82 Å². The molecule has 0 saturated heterocycles. The Balaban J connectivity index is 3.79. The van der Waals surface area contributed by atoms with E-state index in [2.05, 4.69) is 0 Å². The van der Waals surface area contributed by atoms with E-state index in [4.69, 9.17) is 9.79 Å². The van der Waals surface area contributed by atoms with Crippen LogP contribution in [0.3, 0.4) is 0 Å². The quantitative estimate of drug-likeness (QED) is 0.397. The van der Waals surface area contributed by atoms with Crippen LogP contribution in [0.5, 0.6) is 0 Å². The van der Waals surface area contributed by atoms with E-state index in [0.717, 1.165) is 0 Å². The Morgan fingerprint density at radius 1 is 1.50 bits per heavy atom. The summed E-state index contributed by atoms with van der Waals surface area (Å²) in [5, 5.41) is 0. The van der Waals surface area contributed by atoms with Crippen LogP contribution in [0.15, 0.2) is 0 Å². The molecule has 0 spiro atoms. The summed E-state index contributed by atoms with van der Waals surface area (Å²) in [6, 6.07) is 0. The van der Waals surface area contributed by atoms with Gasteiger partial charge in [-0.3, -0.25) is 0 Å². The van der Waals surface area contributed by atoms with Crippen molar-refractivity contribution >= 4 is 20.0 Å². The molecule has 0 amide bonds. The van der Waals surface area contributed by atoms with Crippen molar-refractivity contribution in [1.29, 1.82) is 0 Å². The Morgan fingerprint density at radius 2 is 1.67 bits per heavy atom. The molecule has 0 aliphatic rings. The number of hydrogen-bond acceptors (Lipinski definition) is 2. The maximum absolute atomic E-state index is 8.53. The average Bonchev–Trinajstić information content (AvgIpc) is 1.35. The summed E-state index contributed by atoms with van der Waals surface area (Å²) in [5.74, 6) is -0.451. The Labute approximate surface area is 42.9 Å². The van der Waals surface area contributed by atoms with Crippen LogP contribution in [-0.4, -0.2) is 30.5 Å². The third-order valence-electron chi connectivity index (χ3n) is 0.379. The predicted octanol–water partition coefficient (Wildman–Crippen LogP) is -0.152. The van der Waals surface area contributed by atoms with Crippen molar-refractivity contribution < 1.29 is 9.79 Å². The minimum absolute atomic E-state index is 0.194. The summed E-state index contributed by atoms with van der Waals surface area (Å²) in [5.41, 5.74) is 0. The van der Waals surface area contributed by atoms with Crippen LogP contribution >= 0.6 is 5.96 Å². The van der Waals surface area contributed by atoms with Crippen molar-refractivity contribution in [3.8, 4) is 0 Å². The van der Waals surface area contributed by atoms with E-state index >= 15 is 0 Å². The molecule has 0 bridgehead atoms. The fourth-order valence-electron chi connectivity index (χ4n) is 0. The molecule has 0 radical (unpaired) electrons. The van der Waals surface area contributed by atoms with Crippen LogP contribution in [0.2, 0.25) is 5.82 Å². The third kappa shape index (κ3) is 4.87. The van der Waals surface area contributed by atoms with Crippen molar-refractivity contribution in [2.45, 2.75) is 5.82 Å². The topological polar surface area (TPSA) is 40.5 Å². The average molecular weight is 175 g/mol. The minimum atomic E-state index is -2.30. The Kier molecular flexibility index (Phi) is 2.57. The van der Waals surface area contributed by atoms with Gasteiger partial charge in [-0.15, -0.1) is 0 Å². The van der Waals surface area contributed by atoms with Gasteiger partial charge in [0.2, 0.25) is 0 Å². The third-order valence-corrected chi connectivity index (χ3v) is 5.91. The Bertz CT molecular complexity index is 75.3. The van der Waals surface area contributed by atoms with E-state index in [0.29, 0.717) is 0 Å². The molecule has 40 valence electrons. The summed E-state index contributed by atoms with van der Waals surface area (Å²) < 4.78 is 0. The zero-order chi connectivity index (χ0) is 5.21. The molecular weight excluding hydrogens is 166 g/mol. The first-order chi connectivity index (χ1) is 2.56. The molecule has 0 aromatic heterocycles. The van der Waals surface area contributed by atoms with Gasteiger partial charge < -0.3 is 0 Å². The zero-order valence-electron chi connectivity index (χ0n) is 3.79. The van der Waals surface area contributed by atoms with Crippen LogP contribution in [-0.2, 0) is 0 Å². The van der Waals surface area contributed by atoms with Crippen LogP contribution in [0.1, 0.15) is 0 Å². The maximum atomic E-state index is 8.53. The standard InChI is InChI=1S/C2H9O2PSe/c1-5(3,4)6-2/h3-4,6H,1-2H3. The van der Waals surface area contributed by atoms with E-state index < -0.39 is 5.96 Å². The monoisotopic (exact) mass is 176 g/mol. The van der Waals surface area contributed by atoms with E-state index in [1.165, 1.54) is 6.66 Å². The van der Waals surface area contributed by atoms with E-state index in [1.54, 1.807) is 0 Å². The fraction of sp³-hybridized carbons (Fsp3) is 1.00. The molecule has 6 heavy (non-hydrogen) atoms. The normalized spacial score (nSPS) is 12.0. The van der Waals surface area contributed by atoms with Gasteiger partial charge in [0.1, 0.15) is 0 Å². The summed E-state index contributed by atoms with van der Waals surface area (Å²) >= 11 is -0.194. The van der Waals surface area contributed by atoms with Crippen molar-refractivity contribution in [1.82, 2.24) is 0 Å². The molecule has 0 aromatic carbocycles. The molecule has 0 aliphatic heterocycles. The van der Waals surface area contributed by atoms with Crippen molar-refractivity contribution in [2.75, 3.05) is 6.66 Å². The molecule has 0 aliphatic carbocycles. The molecule has 2 N–H and O–H groups in total. The molecule has 0 unspecified atom stereocenters. The molecule has 0 rings (SSSR count). The second-order valence-electron chi connectivity index (χ2n) is 1.07. The van der Waals surface area contributed by atoms with Gasteiger partial charge in [0.05, 0.1) is 0 Å². The SMILES string of the molecule is C[SeH]=P(C)(O)O. The number of rotatable bonds is 0. The Hall–Kier alpha value is 0.869. The van der Waals surface area contributed by atoms with Crippen molar-refractivity contribution in [3.63, 3.8) is 0 Å². The zero-order valence-corrected chi connectivity index (χ0v) is 6.56. The van der Waals surface area contributed by atoms with Gasteiger partial charge in [0, 0.05) is 0 Å². The van der Waals surface area contributed by atoms with Crippen molar-refractivity contribution in [2.24, 2.45) is 0 Å². The van der Waals surface area contributed by atoms with Gasteiger partial charge in [-0.1, -0.05) is 0 Å². The van der Waals surface area contributed by atoms with Crippen molar-refractivity contribution in [3.05, 3.63) is 0 Å². The second kappa shape index (κ2) is 2.25. The van der Waals surface area contributed by atoms with Crippen LogP contribution in [0.25, 0.3) is 0 Å². The summed E-state index contributed by atoms with van der Waals surface area (Å²) in [6.45, 7) is 1.51. The van der Waals surface area contributed by atoms with Gasteiger partial charge in [0.15, 0.2) is 0 Å². The molecule has 4 heteroatoms. The van der Waals surface area contributed by atoms with E-state index in [9.17, 15) is 0 Å². The van der Waals surface area contributed by atoms with Gasteiger partial charge in [-0.25, -0.2) is 0 Å². The van der Waals surface area contributed by atoms with E-state index in [-0.39, 0.29) is 14.0 Å². The summed E-state index contributed by atoms with van der Waals surface area (Å²) in [6.07, 6.45) is 0. The second-order valence-corrected chi connectivity index (χ2v) is 10.5. The fourth-order valence-corrected chi connectivity index (χ4v) is 0. The summed E-state index contributed by atoms with van der Waals surface area (Å²) in [4.78, 5) is 17.1.